The fourth-order valence-electron chi connectivity index (χ4n) is 2.44. The maximum Gasteiger partial charge on any atom is 0.413 e. The van der Waals surface area contributed by atoms with Crippen molar-refractivity contribution >= 4 is 50.2 Å². The van der Waals surface area contributed by atoms with Gasteiger partial charge >= 0.3 is 6.09 Å². The van der Waals surface area contributed by atoms with Gasteiger partial charge in [-0.05, 0) is 56.8 Å². The molecule has 3 aromatic heterocycles. The molecule has 0 saturated carbocycles. The van der Waals surface area contributed by atoms with Gasteiger partial charge in [0.1, 0.15) is 5.60 Å². The molecule has 0 spiro atoms. The molecule has 0 aliphatic heterocycles. The molecule has 0 atom stereocenters. The first-order chi connectivity index (χ1) is 13.8. The molecule has 0 saturated heterocycles. The van der Waals surface area contributed by atoms with Crippen LogP contribution in [0.3, 0.4) is 0 Å². The highest BCUT2D eigenvalue weighted by molar-refractivity contribution is 7.99. The van der Waals surface area contributed by atoms with Crippen molar-refractivity contribution in [1.29, 1.82) is 0 Å². The summed E-state index contributed by atoms with van der Waals surface area (Å²) in [6.45, 7) is 5.44. The fraction of sp³-hybridized carbons (Fsp3) is 0.278. The van der Waals surface area contributed by atoms with Crippen LogP contribution in [-0.2, 0) is 4.74 Å². The molecule has 9 nitrogen and oxygen atoms in total. The molecule has 0 radical (unpaired) electrons. The van der Waals surface area contributed by atoms with Gasteiger partial charge in [0.15, 0.2) is 10.8 Å². The Bertz CT molecular complexity index is 1200. The van der Waals surface area contributed by atoms with Gasteiger partial charge in [0, 0.05) is 11.0 Å². The number of aromatic nitrogens is 5. The second-order valence-electron chi connectivity index (χ2n) is 7.01. The fourth-order valence-corrected chi connectivity index (χ4v) is 4.23. The van der Waals surface area contributed by atoms with E-state index in [-0.39, 0.29) is 0 Å². The first-order valence-corrected chi connectivity index (χ1v) is 10.3. The van der Waals surface area contributed by atoms with Crippen LogP contribution in [0.15, 0.2) is 40.4 Å². The highest BCUT2D eigenvalue weighted by Crippen LogP contribution is 2.33. The number of amides is 1. The van der Waals surface area contributed by atoms with Crippen molar-refractivity contribution < 1.29 is 14.3 Å². The van der Waals surface area contributed by atoms with Crippen molar-refractivity contribution in [2.75, 3.05) is 12.4 Å². The molecule has 1 N–H and O–H groups in total. The monoisotopic (exact) mass is 430 g/mol. The SMILES string of the molecule is COc1ccc2nnc(Sc3ccc4nc(NC(=O)OC(C)(C)C)sc4c3)n2n1. The van der Waals surface area contributed by atoms with Gasteiger partial charge in [0.2, 0.25) is 11.0 Å². The van der Waals surface area contributed by atoms with Gasteiger partial charge in [-0.3, -0.25) is 5.32 Å². The molecule has 3 heterocycles. The molecule has 1 amide bonds. The Labute approximate surface area is 174 Å². The minimum absolute atomic E-state index is 0.481. The maximum absolute atomic E-state index is 12.0. The van der Waals surface area contributed by atoms with E-state index in [1.165, 1.54) is 23.1 Å². The van der Waals surface area contributed by atoms with Gasteiger partial charge in [-0.2, -0.15) is 4.52 Å². The Morgan fingerprint density at radius 2 is 2.03 bits per heavy atom. The summed E-state index contributed by atoms with van der Waals surface area (Å²) in [5, 5.41) is 16.5. The van der Waals surface area contributed by atoms with Gasteiger partial charge < -0.3 is 9.47 Å². The summed E-state index contributed by atoms with van der Waals surface area (Å²) >= 11 is 2.80. The van der Waals surface area contributed by atoms with E-state index < -0.39 is 11.7 Å². The van der Waals surface area contributed by atoms with E-state index in [4.69, 9.17) is 9.47 Å². The number of rotatable bonds is 4. The molecule has 29 heavy (non-hydrogen) atoms. The van der Waals surface area contributed by atoms with Crippen LogP contribution in [0, 0.1) is 0 Å². The summed E-state index contributed by atoms with van der Waals surface area (Å²) < 4.78 is 13.0. The number of ether oxygens (including phenoxy) is 2. The number of fused-ring (bicyclic) bond motifs is 2. The zero-order valence-electron chi connectivity index (χ0n) is 16.2. The lowest BCUT2D eigenvalue weighted by Crippen LogP contribution is -2.27. The third-order valence-corrected chi connectivity index (χ3v) is 5.46. The van der Waals surface area contributed by atoms with Crippen LogP contribution in [-0.4, -0.2) is 43.6 Å². The van der Waals surface area contributed by atoms with Crippen molar-refractivity contribution in [1.82, 2.24) is 24.8 Å². The number of nitrogens with one attached hydrogen (secondary N) is 1. The average Bonchev–Trinajstić information content (AvgIpc) is 3.22. The molecule has 0 aliphatic rings. The Hall–Kier alpha value is -2.92. The lowest BCUT2D eigenvalue weighted by molar-refractivity contribution is 0.0636. The normalized spacial score (nSPS) is 11.7. The molecular formula is C18H18N6O3S2. The Morgan fingerprint density at radius 1 is 1.21 bits per heavy atom. The zero-order valence-corrected chi connectivity index (χ0v) is 17.8. The van der Waals surface area contributed by atoms with Crippen LogP contribution < -0.4 is 10.1 Å². The topological polar surface area (TPSA) is 104 Å². The number of anilines is 1. The third-order valence-electron chi connectivity index (χ3n) is 3.60. The predicted molar refractivity (Wildman–Crippen MR) is 111 cm³/mol. The number of methoxy groups -OCH3 is 1. The summed E-state index contributed by atoms with van der Waals surface area (Å²) in [5.74, 6) is 0.481. The van der Waals surface area contributed by atoms with E-state index in [9.17, 15) is 4.79 Å². The van der Waals surface area contributed by atoms with Crippen LogP contribution in [0.25, 0.3) is 15.9 Å². The predicted octanol–water partition coefficient (Wildman–Crippen LogP) is 4.24. The smallest absolute Gasteiger partial charge is 0.413 e. The Balaban J connectivity index is 1.56. The van der Waals surface area contributed by atoms with E-state index >= 15 is 0 Å². The molecular weight excluding hydrogens is 412 g/mol. The van der Waals surface area contributed by atoms with E-state index in [2.05, 4.69) is 25.6 Å². The second-order valence-corrected chi connectivity index (χ2v) is 9.08. The summed E-state index contributed by atoms with van der Waals surface area (Å²) in [6.07, 6.45) is -0.527. The highest BCUT2D eigenvalue weighted by atomic mass is 32.2. The van der Waals surface area contributed by atoms with E-state index in [1.807, 2.05) is 39.0 Å². The van der Waals surface area contributed by atoms with Crippen molar-refractivity contribution in [2.24, 2.45) is 0 Å². The van der Waals surface area contributed by atoms with Gasteiger partial charge in [-0.1, -0.05) is 11.3 Å². The lowest BCUT2D eigenvalue weighted by atomic mass is 10.2. The minimum atomic E-state index is -0.567. The van der Waals surface area contributed by atoms with Crippen LogP contribution in [0.2, 0.25) is 0 Å². The Morgan fingerprint density at radius 3 is 2.79 bits per heavy atom. The van der Waals surface area contributed by atoms with E-state index in [0.717, 1.165) is 15.1 Å². The molecule has 0 aliphatic carbocycles. The quantitative estimate of drug-likeness (QED) is 0.513. The number of benzene rings is 1. The van der Waals surface area contributed by atoms with Crippen molar-refractivity contribution in [2.45, 2.75) is 36.4 Å². The first-order valence-electron chi connectivity index (χ1n) is 8.66. The number of thiazole rings is 1. The molecule has 0 fully saturated rings. The third kappa shape index (κ3) is 4.40. The number of nitrogens with zero attached hydrogens (tertiary/aromatic N) is 5. The number of carbonyl (C=O) groups excluding carboxylic acids is 1. The zero-order chi connectivity index (χ0) is 20.6. The van der Waals surface area contributed by atoms with Crippen molar-refractivity contribution in [3.63, 3.8) is 0 Å². The van der Waals surface area contributed by atoms with E-state index in [1.54, 1.807) is 23.8 Å². The summed E-state index contributed by atoms with van der Waals surface area (Å²) in [7, 11) is 1.56. The molecule has 150 valence electrons. The van der Waals surface area contributed by atoms with E-state index in [0.29, 0.717) is 21.8 Å². The first kappa shape index (κ1) is 19.4. The largest absolute Gasteiger partial charge is 0.480 e. The van der Waals surface area contributed by atoms with Gasteiger partial charge in [-0.25, -0.2) is 9.78 Å². The lowest BCUT2D eigenvalue weighted by Gasteiger charge is -2.18. The van der Waals surface area contributed by atoms with Crippen molar-refractivity contribution in [3.8, 4) is 5.88 Å². The van der Waals surface area contributed by atoms with Gasteiger partial charge in [0.05, 0.1) is 17.3 Å². The standard InChI is InChI=1S/C18H18N6O3S2/c1-18(2,3)27-17(25)20-15-19-11-6-5-10(9-12(11)29-15)28-16-22-21-13-7-8-14(26-4)23-24(13)16/h5-9H,1-4H3,(H,19,20,25). The number of carbonyl (C=O) groups is 1. The second kappa shape index (κ2) is 7.48. The maximum atomic E-state index is 12.0. The molecule has 4 rings (SSSR count). The number of hydrogen-bond acceptors (Lipinski definition) is 9. The molecule has 4 aromatic rings. The summed E-state index contributed by atoms with van der Waals surface area (Å²) in [5.41, 5.74) is 0.856. The van der Waals surface area contributed by atoms with Gasteiger partial charge in [-0.15, -0.1) is 15.3 Å². The van der Waals surface area contributed by atoms with Crippen LogP contribution in [0.1, 0.15) is 20.8 Å². The molecule has 0 bridgehead atoms. The van der Waals surface area contributed by atoms with Crippen LogP contribution in [0.5, 0.6) is 5.88 Å². The number of hydrogen-bond donors (Lipinski definition) is 1. The molecule has 1 aromatic carbocycles. The molecule has 11 heteroatoms. The Kier molecular flexibility index (Phi) is 5.01. The summed E-state index contributed by atoms with van der Waals surface area (Å²) in [6, 6.07) is 9.35. The van der Waals surface area contributed by atoms with Gasteiger partial charge in [0.25, 0.3) is 0 Å². The average molecular weight is 431 g/mol. The van der Waals surface area contributed by atoms with Crippen molar-refractivity contribution in [3.05, 3.63) is 30.3 Å². The summed E-state index contributed by atoms with van der Waals surface area (Å²) in [4.78, 5) is 17.3. The highest BCUT2D eigenvalue weighted by Gasteiger charge is 2.18. The van der Waals surface area contributed by atoms with Crippen LogP contribution in [0.4, 0.5) is 9.93 Å². The molecule has 0 unspecified atom stereocenters. The van der Waals surface area contributed by atoms with Crippen LogP contribution >= 0.6 is 23.1 Å². The minimum Gasteiger partial charge on any atom is -0.480 e.